The van der Waals surface area contributed by atoms with Crippen molar-refractivity contribution in [2.24, 2.45) is 5.10 Å². The van der Waals surface area contributed by atoms with E-state index in [9.17, 15) is 4.79 Å². The number of carbonyl (C=O) groups excluding carboxylic acids is 1. The summed E-state index contributed by atoms with van der Waals surface area (Å²) in [5.74, 6) is 1.57. The molecule has 0 fully saturated rings. The number of nitrogens with zero attached hydrogens (tertiary/aromatic N) is 1. The Morgan fingerprint density at radius 3 is 2.59 bits per heavy atom. The van der Waals surface area contributed by atoms with E-state index in [1.54, 1.807) is 32.2 Å². The number of benzene rings is 2. The molecular formula is C21H18Br2N2O4. The predicted octanol–water partition coefficient (Wildman–Crippen LogP) is 5.46. The van der Waals surface area contributed by atoms with Gasteiger partial charge in [-0.25, -0.2) is 5.43 Å². The summed E-state index contributed by atoms with van der Waals surface area (Å²) in [6, 6.07) is 14.8. The molecule has 0 aliphatic rings. The lowest BCUT2D eigenvalue weighted by atomic mass is 10.2. The average molecular weight is 522 g/mol. The van der Waals surface area contributed by atoms with Gasteiger partial charge in [-0.05, 0) is 70.4 Å². The maximum absolute atomic E-state index is 12.0. The Morgan fingerprint density at radius 2 is 1.93 bits per heavy atom. The van der Waals surface area contributed by atoms with Crippen molar-refractivity contribution in [2.45, 2.75) is 13.5 Å². The molecule has 1 heterocycles. The number of methoxy groups -OCH3 is 1. The number of hydrazone groups is 1. The molecule has 6 nitrogen and oxygen atoms in total. The molecule has 1 amide bonds. The van der Waals surface area contributed by atoms with Crippen LogP contribution in [-0.4, -0.2) is 19.2 Å². The maximum atomic E-state index is 12.0. The van der Waals surface area contributed by atoms with Crippen molar-refractivity contribution < 1.29 is 18.7 Å². The Morgan fingerprint density at radius 1 is 1.17 bits per heavy atom. The molecule has 0 bridgehead atoms. The minimum Gasteiger partial charge on any atom is -0.493 e. The minimum atomic E-state index is -0.421. The zero-order valence-corrected chi connectivity index (χ0v) is 18.9. The van der Waals surface area contributed by atoms with Crippen molar-refractivity contribution in [2.75, 3.05) is 7.11 Å². The summed E-state index contributed by atoms with van der Waals surface area (Å²) in [4.78, 5) is 12.0. The molecule has 150 valence electrons. The van der Waals surface area contributed by atoms with Gasteiger partial charge in [-0.2, -0.15) is 5.10 Å². The molecule has 0 spiro atoms. The summed E-state index contributed by atoms with van der Waals surface area (Å²) in [6.07, 6.45) is 1.51. The maximum Gasteiger partial charge on any atom is 0.307 e. The fourth-order valence-electron chi connectivity index (χ4n) is 2.47. The third-order valence-electron chi connectivity index (χ3n) is 3.89. The number of furan rings is 1. The number of aryl methyl sites for hydroxylation is 1. The van der Waals surface area contributed by atoms with Crippen molar-refractivity contribution in [3.8, 4) is 11.5 Å². The SMILES string of the molecule is COc1cc(/C=N/NC(=O)c2ccc(C)o2)cc(Br)c1OCc1ccc(Br)cc1. The zero-order valence-electron chi connectivity index (χ0n) is 15.7. The molecular weight excluding hydrogens is 504 g/mol. The zero-order chi connectivity index (χ0) is 20.8. The average Bonchev–Trinajstić information content (AvgIpc) is 3.14. The van der Waals surface area contributed by atoms with E-state index in [1.807, 2.05) is 30.3 Å². The van der Waals surface area contributed by atoms with Crippen LogP contribution < -0.4 is 14.9 Å². The van der Waals surface area contributed by atoms with E-state index < -0.39 is 5.91 Å². The van der Waals surface area contributed by atoms with Gasteiger partial charge in [0.1, 0.15) is 12.4 Å². The van der Waals surface area contributed by atoms with Crippen LogP contribution in [0.1, 0.15) is 27.4 Å². The summed E-state index contributed by atoms with van der Waals surface area (Å²) in [7, 11) is 1.57. The molecule has 3 aromatic rings. The van der Waals surface area contributed by atoms with Crippen LogP contribution in [-0.2, 0) is 6.61 Å². The number of carbonyl (C=O) groups is 1. The molecule has 0 saturated carbocycles. The summed E-state index contributed by atoms with van der Waals surface area (Å²) < 4.78 is 18.4. The highest BCUT2D eigenvalue weighted by Crippen LogP contribution is 2.36. The molecule has 0 saturated heterocycles. The molecule has 2 aromatic carbocycles. The fourth-order valence-corrected chi connectivity index (χ4v) is 3.31. The molecule has 0 aliphatic carbocycles. The highest BCUT2D eigenvalue weighted by Gasteiger charge is 2.12. The lowest BCUT2D eigenvalue weighted by molar-refractivity contribution is 0.0926. The van der Waals surface area contributed by atoms with Crippen LogP contribution in [0.4, 0.5) is 0 Å². The Bertz CT molecular complexity index is 1030. The Labute approximate surface area is 185 Å². The monoisotopic (exact) mass is 520 g/mol. The third-order valence-corrected chi connectivity index (χ3v) is 5.01. The second-order valence-corrected chi connectivity index (χ2v) is 7.83. The first-order chi connectivity index (χ1) is 14.0. The van der Waals surface area contributed by atoms with E-state index in [2.05, 4.69) is 42.4 Å². The predicted molar refractivity (Wildman–Crippen MR) is 118 cm³/mol. The molecule has 1 N–H and O–H groups in total. The van der Waals surface area contributed by atoms with Gasteiger partial charge in [-0.1, -0.05) is 28.1 Å². The van der Waals surface area contributed by atoms with Gasteiger partial charge >= 0.3 is 5.91 Å². The fraction of sp³-hybridized carbons (Fsp3) is 0.143. The van der Waals surface area contributed by atoms with E-state index in [4.69, 9.17) is 13.9 Å². The van der Waals surface area contributed by atoms with E-state index >= 15 is 0 Å². The van der Waals surface area contributed by atoms with Gasteiger partial charge in [0, 0.05) is 4.47 Å². The summed E-state index contributed by atoms with van der Waals surface area (Å²) in [5.41, 5.74) is 4.18. The third kappa shape index (κ3) is 5.71. The van der Waals surface area contributed by atoms with Crippen LogP contribution in [0.25, 0.3) is 0 Å². The number of hydrogen-bond acceptors (Lipinski definition) is 5. The van der Waals surface area contributed by atoms with Gasteiger partial charge in [-0.15, -0.1) is 0 Å². The number of ether oxygens (including phenoxy) is 2. The van der Waals surface area contributed by atoms with Gasteiger partial charge in [0.05, 0.1) is 17.8 Å². The van der Waals surface area contributed by atoms with E-state index in [0.29, 0.717) is 28.3 Å². The van der Waals surface area contributed by atoms with Crippen LogP contribution in [0.2, 0.25) is 0 Å². The summed E-state index contributed by atoms with van der Waals surface area (Å²) >= 11 is 6.92. The standard InChI is InChI=1S/C21H18Br2N2O4/c1-13-3-8-18(29-13)21(26)25-24-11-15-9-17(23)20(19(10-15)27-2)28-12-14-4-6-16(22)7-5-14/h3-11H,12H2,1-2H3,(H,25,26)/b24-11+. The van der Waals surface area contributed by atoms with Gasteiger partial charge in [0.15, 0.2) is 17.3 Å². The molecule has 3 rings (SSSR count). The van der Waals surface area contributed by atoms with Gasteiger partial charge in [0.25, 0.3) is 0 Å². The van der Waals surface area contributed by atoms with Crippen LogP contribution in [0.3, 0.4) is 0 Å². The molecule has 8 heteroatoms. The highest BCUT2D eigenvalue weighted by molar-refractivity contribution is 9.10. The second-order valence-electron chi connectivity index (χ2n) is 6.06. The summed E-state index contributed by atoms with van der Waals surface area (Å²) in [6.45, 7) is 2.17. The van der Waals surface area contributed by atoms with Gasteiger partial charge in [0.2, 0.25) is 0 Å². The van der Waals surface area contributed by atoms with Crippen molar-refractivity contribution in [3.63, 3.8) is 0 Å². The molecule has 0 atom stereocenters. The number of nitrogens with one attached hydrogen (secondary N) is 1. The number of halogens is 2. The quantitative estimate of drug-likeness (QED) is 0.331. The largest absolute Gasteiger partial charge is 0.493 e. The Balaban J connectivity index is 1.68. The normalized spacial score (nSPS) is 10.9. The van der Waals surface area contributed by atoms with Crippen molar-refractivity contribution in [1.29, 1.82) is 0 Å². The number of hydrogen-bond donors (Lipinski definition) is 1. The van der Waals surface area contributed by atoms with Crippen molar-refractivity contribution >= 4 is 44.0 Å². The first-order valence-corrected chi connectivity index (χ1v) is 10.2. The van der Waals surface area contributed by atoms with E-state index in [1.165, 1.54) is 6.21 Å². The van der Waals surface area contributed by atoms with Gasteiger partial charge in [-0.3, -0.25) is 4.79 Å². The molecule has 0 unspecified atom stereocenters. The topological polar surface area (TPSA) is 73.1 Å². The smallest absolute Gasteiger partial charge is 0.307 e. The first kappa shape index (κ1) is 21.1. The molecule has 1 aromatic heterocycles. The van der Waals surface area contributed by atoms with Gasteiger partial charge < -0.3 is 13.9 Å². The summed E-state index contributed by atoms with van der Waals surface area (Å²) in [5, 5.41) is 3.97. The minimum absolute atomic E-state index is 0.204. The Kier molecular flexibility index (Phi) is 7.11. The van der Waals surface area contributed by atoms with Crippen LogP contribution >= 0.6 is 31.9 Å². The molecule has 0 radical (unpaired) electrons. The first-order valence-electron chi connectivity index (χ1n) is 8.61. The lowest BCUT2D eigenvalue weighted by Crippen LogP contribution is -2.16. The van der Waals surface area contributed by atoms with Crippen LogP contribution in [0.15, 0.2) is 67.0 Å². The second kappa shape index (κ2) is 9.76. The highest BCUT2D eigenvalue weighted by atomic mass is 79.9. The van der Waals surface area contributed by atoms with Crippen molar-refractivity contribution in [3.05, 3.63) is 80.1 Å². The molecule has 0 aliphatic heterocycles. The molecule has 29 heavy (non-hydrogen) atoms. The van der Waals surface area contributed by atoms with E-state index in [-0.39, 0.29) is 5.76 Å². The lowest BCUT2D eigenvalue weighted by Gasteiger charge is -2.13. The number of rotatable bonds is 7. The van der Waals surface area contributed by atoms with Crippen molar-refractivity contribution in [1.82, 2.24) is 5.43 Å². The Hall–Kier alpha value is -2.58. The van der Waals surface area contributed by atoms with Crippen LogP contribution in [0.5, 0.6) is 11.5 Å². The number of amides is 1. The van der Waals surface area contributed by atoms with Crippen LogP contribution in [0, 0.1) is 6.92 Å². The van der Waals surface area contributed by atoms with E-state index in [0.717, 1.165) is 15.6 Å².